The summed E-state index contributed by atoms with van der Waals surface area (Å²) in [6.07, 6.45) is -4.53. The van der Waals surface area contributed by atoms with Crippen LogP contribution in [0.25, 0.3) is 0 Å². The first-order valence-corrected chi connectivity index (χ1v) is 10.2. The van der Waals surface area contributed by atoms with E-state index in [-0.39, 0.29) is 15.6 Å². The molecule has 7 nitrogen and oxygen atoms in total. The lowest BCUT2D eigenvalue weighted by atomic mass is 10.1. The summed E-state index contributed by atoms with van der Waals surface area (Å²) < 4.78 is 65.1. The van der Waals surface area contributed by atoms with Crippen LogP contribution in [0.5, 0.6) is 0 Å². The summed E-state index contributed by atoms with van der Waals surface area (Å²) in [5.41, 5.74) is -3.87. The zero-order valence-corrected chi connectivity index (χ0v) is 16.8. The minimum absolute atomic E-state index is 0.136. The average Bonchev–Trinajstić information content (AvgIpc) is 2.80. The lowest BCUT2D eigenvalue weighted by molar-refractivity contribution is -0.242. The number of nitrogens with one attached hydrogen (secondary N) is 1. The van der Waals surface area contributed by atoms with E-state index in [9.17, 15) is 31.5 Å². The Morgan fingerprint density at radius 3 is 2.43 bits per heavy atom. The summed E-state index contributed by atoms with van der Waals surface area (Å²) in [6, 6.07) is 3.29. The average molecular weight is 444 g/mol. The van der Waals surface area contributed by atoms with Crippen LogP contribution in [0, 0.1) is 0 Å². The topological polar surface area (TPSA) is 90.0 Å². The van der Waals surface area contributed by atoms with Gasteiger partial charge in [0.1, 0.15) is 0 Å². The number of hydrogen-bond donors (Lipinski definition) is 2. The van der Waals surface area contributed by atoms with Crippen molar-refractivity contribution in [1.82, 2.24) is 9.21 Å². The summed E-state index contributed by atoms with van der Waals surface area (Å²) in [4.78, 5) is 13.6. The molecule has 0 bridgehead atoms. The molecule has 0 saturated carbocycles. The van der Waals surface area contributed by atoms with E-state index >= 15 is 0 Å². The summed E-state index contributed by atoms with van der Waals surface area (Å²) in [5, 5.41) is 11.0. The summed E-state index contributed by atoms with van der Waals surface area (Å²) in [6.45, 7) is 2.26. The Balaban J connectivity index is 2.23. The maximum Gasteiger partial charge on any atom is 0.426 e. The third-order valence-electron chi connectivity index (χ3n) is 4.50. The van der Waals surface area contributed by atoms with Crippen molar-refractivity contribution in [1.29, 1.82) is 0 Å². The van der Waals surface area contributed by atoms with Gasteiger partial charge in [0.25, 0.3) is 5.91 Å². The van der Waals surface area contributed by atoms with Crippen LogP contribution in [-0.2, 0) is 14.8 Å². The number of benzene rings is 1. The molecule has 2 rings (SSSR count). The van der Waals surface area contributed by atoms with Crippen LogP contribution >= 0.6 is 11.6 Å². The molecule has 1 aromatic carbocycles. The first-order chi connectivity index (χ1) is 12.8. The van der Waals surface area contributed by atoms with Gasteiger partial charge in [-0.3, -0.25) is 4.79 Å². The zero-order valence-electron chi connectivity index (χ0n) is 15.3. The smallest absolute Gasteiger partial charge is 0.373 e. The van der Waals surface area contributed by atoms with Gasteiger partial charge in [-0.25, -0.2) is 8.42 Å². The molecule has 0 radical (unpaired) electrons. The second kappa shape index (κ2) is 8.15. The van der Waals surface area contributed by atoms with Gasteiger partial charge >= 0.3 is 6.18 Å². The van der Waals surface area contributed by atoms with E-state index in [1.807, 2.05) is 17.3 Å². The van der Waals surface area contributed by atoms with Gasteiger partial charge in [0, 0.05) is 19.6 Å². The number of carbonyl (C=O) groups excluding carboxylic acids is 1. The summed E-state index contributed by atoms with van der Waals surface area (Å²) >= 11 is 5.97. The van der Waals surface area contributed by atoms with Crippen LogP contribution in [0.1, 0.15) is 13.3 Å². The Labute approximate surface area is 166 Å². The van der Waals surface area contributed by atoms with E-state index < -0.39 is 27.7 Å². The Kier molecular flexibility index (Phi) is 6.66. The second-order valence-corrected chi connectivity index (χ2v) is 9.07. The third-order valence-corrected chi connectivity index (χ3v) is 6.71. The minimum Gasteiger partial charge on any atom is -0.373 e. The number of carbonyl (C=O) groups is 1. The molecular formula is C16H21ClF3N3O4S. The van der Waals surface area contributed by atoms with Crippen molar-refractivity contribution >= 4 is 33.2 Å². The maximum absolute atomic E-state index is 12.8. The number of halogens is 4. The highest BCUT2D eigenvalue weighted by molar-refractivity contribution is 7.89. The number of hydrogen-bond acceptors (Lipinski definition) is 5. The third kappa shape index (κ3) is 4.77. The quantitative estimate of drug-likeness (QED) is 0.742. The largest absolute Gasteiger partial charge is 0.426 e. The van der Waals surface area contributed by atoms with Gasteiger partial charge < -0.3 is 15.3 Å². The fourth-order valence-electron chi connectivity index (χ4n) is 2.54. The van der Waals surface area contributed by atoms with E-state index in [0.717, 1.165) is 24.7 Å². The molecule has 1 heterocycles. The van der Waals surface area contributed by atoms with Crippen LogP contribution in [0.4, 0.5) is 18.9 Å². The highest BCUT2D eigenvalue weighted by Crippen LogP contribution is 2.33. The Morgan fingerprint density at radius 2 is 1.86 bits per heavy atom. The lowest BCUT2D eigenvalue weighted by Crippen LogP contribution is -2.52. The number of aliphatic hydroxyl groups is 1. The van der Waals surface area contributed by atoms with Crippen LogP contribution < -0.4 is 5.32 Å². The molecule has 1 aromatic rings. The molecule has 2 N–H and O–H groups in total. The number of amides is 1. The standard InChI is InChI=1S/C16H21ClF3N3O4S/c1-15(25,16(18,19)20)14(24)21-13-5-4-11(10-12(13)17)28(26,27)23-7-3-6-22(2)8-9-23/h4-5,10,25H,3,6-9H2,1-2H3,(H,21,24)/t15-/m1/s1. The highest BCUT2D eigenvalue weighted by atomic mass is 35.5. The number of anilines is 1. The fourth-order valence-corrected chi connectivity index (χ4v) is 4.33. The molecule has 0 aliphatic carbocycles. The number of sulfonamides is 1. The van der Waals surface area contributed by atoms with Gasteiger partial charge in [-0.15, -0.1) is 0 Å². The van der Waals surface area contributed by atoms with Crippen LogP contribution in [-0.4, -0.2) is 73.6 Å². The molecule has 1 aliphatic rings. The van der Waals surface area contributed by atoms with Crippen molar-refractivity contribution in [3.8, 4) is 0 Å². The Morgan fingerprint density at radius 1 is 1.21 bits per heavy atom. The van der Waals surface area contributed by atoms with Crippen molar-refractivity contribution in [2.45, 2.75) is 30.0 Å². The first-order valence-electron chi connectivity index (χ1n) is 8.35. The van der Waals surface area contributed by atoms with Crippen LogP contribution in [0.3, 0.4) is 0 Å². The van der Waals surface area contributed by atoms with E-state index in [1.54, 1.807) is 0 Å². The van der Waals surface area contributed by atoms with Gasteiger partial charge in [-0.05, 0) is 45.1 Å². The van der Waals surface area contributed by atoms with Gasteiger partial charge in [0.2, 0.25) is 15.6 Å². The predicted molar refractivity (Wildman–Crippen MR) is 97.6 cm³/mol. The maximum atomic E-state index is 12.8. The molecule has 0 spiro atoms. The fraction of sp³-hybridized carbons (Fsp3) is 0.562. The van der Waals surface area contributed by atoms with E-state index in [0.29, 0.717) is 33.0 Å². The van der Waals surface area contributed by atoms with Gasteiger partial charge in [-0.2, -0.15) is 17.5 Å². The van der Waals surface area contributed by atoms with Crippen molar-refractivity contribution in [2.75, 3.05) is 38.5 Å². The zero-order chi connectivity index (χ0) is 21.3. The molecule has 0 unspecified atom stereocenters. The van der Waals surface area contributed by atoms with Crippen molar-refractivity contribution < 1.29 is 31.5 Å². The normalized spacial score (nSPS) is 19.7. The molecule has 1 saturated heterocycles. The molecule has 1 amide bonds. The first kappa shape index (κ1) is 22.9. The Bertz CT molecular complexity index is 846. The van der Waals surface area contributed by atoms with E-state index in [2.05, 4.69) is 0 Å². The van der Waals surface area contributed by atoms with E-state index in [1.165, 1.54) is 4.31 Å². The molecule has 1 fully saturated rings. The molecule has 158 valence electrons. The molecular weight excluding hydrogens is 423 g/mol. The van der Waals surface area contributed by atoms with Crippen LogP contribution in [0.2, 0.25) is 5.02 Å². The summed E-state index contributed by atoms with van der Waals surface area (Å²) in [5.74, 6) is -1.73. The van der Waals surface area contributed by atoms with Crippen LogP contribution in [0.15, 0.2) is 23.1 Å². The Hall–Kier alpha value is -1.40. The van der Waals surface area contributed by atoms with E-state index in [4.69, 9.17) is 11.6 Å². The van der Waals surface area contributed by atoms with Gasteiger partial charge in [-0.1, -0.05) is 11.6 Å². The molecule has 0 aromatic heterocycles. The number of alkyl halides is 3. The molecule has 1 aliphatic heterocycles. The monoisotopic (exact) mass is 443 g/mol. The second-order valence-electron chi connectivity index (χ2n) is 6.73. The predicted octanol–water partition coefficient (Wildman–Crippen LogP) is 1.92. The molecule has 12 heteroatoms. The van der Waals surface area contributed by atoms with Crippen molar-refractivity contribution in [2.24, 2.45) is 0 Å². The van der Waals surface area contributed by atoms with Crippen molar-refractivity contribution in [3.63, 3.8) is 0 Å². The SMILES string of the molecule is CN1CCCN(S(=O)(=O)c2ccc(NC(=O)[C@@](C)(O)C(F)(F)F)c(Cl)c2)CC1. The summed E-state index contributed by atoms with van der Waals surface area (Å²) in [7, 11) is -1.96. The number of rotatable bonds is 4. The highest BCUT2D eigenvalue weighted by Gasteiger charge is 2.55. The number of likely N-dealkylation sites (N-methyl/N-ethyl adjacent to an activating group) is 1. The molecule has 1 atom stereocenters. The number of nitrogens with zero attached hydrogens (tertiary/aromatic N) is 2. The van der Waals surface area contributed by atoms with Gasteiger partial charge in [0.05, 0.1) is 15.6 Å². The lowest BCUT2D eigenvalue weighted by Gasteiger charge is -2.25. The molecule has 28 heavy (non-hydrogen) atoms. The minimum atomic E-state index is -5.19. The van der Waals surface area contributed by atoms with Gasteiger partial charge in [0.15, 0.2) is 0 Å². The van der Waals surface area contributed by atoms with Crippen molar-refractivity contribution in [3.05, 3.63) is 23.2 Å².